The first-order chi connectivity index (χ1) is 11.1. The average molecular weight is 313 g/mol. The van der Waals surface area contributed by atoms with Crippen molar-refractivity contribution in [1.82, 2.24) is 25.2 Å². The molecule has 2 aromatic heterocycles. The van der Waals surface area contributed by atoms with E-state index in [0.717, 1.165) is 37.4 Å². The molecule has 2 N–H and O–H groups in total. The number of nitrogens with zero attached hydrogens (tertiary/aromatic N) is 3. The number of piperidine rings is 1. The maximum atomic E-state index is 12.4. The minimum atomic E-state index is 0.0752. The van der Waals surface area contributed by atoms with Crippen molar-refractivity contribution in [1.29, 1.82) is 0 Å². The fourth-order valence-electron chi connectivity index (χ4n) is 3.01. The molecule has 1 fully saturated rings. The highest BCUT2D eigenvalue weighted by molar-refractivity contribution is 5.93. The van der Waals surface area contributed by atoms with Crippen LogP contribution in [0.3, 0.4) is 0 Å². The van der Waals surface area contributed by atoms with Crippen molar-refractivity contribution < 1.29 is 4.79 Å². The maximum absolute atomic E-state index is 12.4. The van der Waals surface area contributed by atoms with Crippen molar-refractivity contribution in [3.63, 3.8) is 0 Å². The van der Waals surface area contributed by atoms with Gasteiger partial charge in [0.15, 0.2) is 0 Å². The number of amides is 1. The van der Waals surface area contributed by atoms with Crippen molar-refractivity contribution in [2.75, 3.05) is 13.1 Å². The van der Waals surface area contributed by atoms with Crippen LogP contribution >= 0.6 is 0 Å². The molecule has 122 valence electrons. The van der Waals surface area contributed by atoms with E-state index in [1.54, 1.807) is 18.5 Å². The van der Waals surface area contributed by atoms with Crippen LogP contribution in [-0.2, 0) is 0 Å². The lowest BCUT2D eigenvalue weighted by Gasteiger charge is -2.33. The Hall–Kier alpha value is -2.21. The fraction of sp³-hybridized carbons (Fsp3) is 0.471. The van der Waals surface area contributed by atoms with Gasteiger partial charge in [0.25, 0.3) is 5.91 Å². The monoisotopic (exact) mass is 313 g/mol. The van der Waals surface area contributed by atoms with Crippen LogP contribution in [0.4, 0.5) is 0 Å². The van der Waals surface area contributed by atoms with Gasteiger partial charge in [-0.25, -0.2) is 4.98 Å². The Morgan fingerprint density at radius 2 is 2.17 bits per heavy atom. The Kier molecular flexibility index (Phi) is 4.71. The Morgan fingerprint density at radius 3 is 2.78 bits per heavy atom. The molecule has 1 atom stereocenters. The van der Waals surface area contributed by atoms with Crippen LogP contribution in [0.2, 0.25) is 0 Å². The fourth-order valence-corrected chi connectivity index (χ4v) is 3.01. The molecular weight excluding hydrogens is 290 g/mol. The average Bonchev–Trinajstić information content (AvgIpc) is 3.02. The number of imidazole rings is 1. The zero-order chi connectivity index (χ0) is 16.2. The summed E-state index contributed by atoms with van der Waals surface area (Å²) in [6.07, 6.45) is 7.08. The van der Waals surface area contributed by atoms with E-state index in [9.17, 15) is 4.79 Å². The van der Waals surface area contributed by atoms with Gasteiger partial charge in [0.1, 0.15) is 5.82 Å². The van der Waals surface area contributed by atoms with Crippen molar-refractivity contribution >= 4 is 5.91 Å². The highest BCUT2D eigenvalue weighted by Crippen LogP contribution is 2.17. The number of carbonyl (C=O) groups excluding carboxylic acids is 1. The summed E-state index contributed by atoms with van der Waals surface area (Å²) >= 11 is 0. The molecule has 6 nitrogen and oxygen atoms in total. The molecule has 1 aliphatic heterocycles. The van der Waals surface area contributed by atoms with Gasteiger partial charge in [-0.1, -0.05) is 0 Å². The number of nitrogens with one attached hydrogen (secondary N) is 2. The second-order valence-electron chi connectivity index (χ2n) is 6.15. The number of aromatic nitrogens is 3. The Bertz CT molecular complexity index is 646. The number of rotatable bonds is 4. The lowest BCUT2D eigenvalue weighted by atomic mass is 10.0. The SMILES string of the molecule is Cc1cnc(C(C)NC2CCN(C(=O)c3cccnc3)CC2)[nH]1. The molecule has 1 aliphatic rings. The third-order valence-corrected chi connectivity index (χ3v) is 4.31. The molecule has 1 amide bonds. The Morgan fingerprint density at radius 1 is 1.39 bits per heavy atom. The van der Waals surface area contributed by atoms with Crippen LogP contribution in [0, 0.1) is 6.92 Å². The van der Waals surface area contributed by atoms with E-state index in [0.29, 0.717) is 11.6 Å². The molecule has 23 heavy (non-hydrogen) atoms. The smallest absolute Gasteiger partial charge is 0.255 e. The summed E-state index contributed by atoms with van der Waals surface area (Å²) in [5, 5.41) is 3.60. The maximum Gasteiger partial charge on any atom is 0.255 e. The van der Waals surface area contributed by atoms with Gasteiger partial charge in [-0.15, -0.1) is 0 Å². The van der Waals surface area contributed by atoms with Gasteiger partial charge < -0.3 is 15.2 Å². The van der Waals surface area contributed by atoms with Crippen LogP contribution in [-0.4, -0.2) is 44.9 Å². The van der Waals surface area contributed by atoms with Crippen molar-refractivity contribution in [3.05, 3.63) is 47.8 Å². The summed E-state index contributed by atoms with van der Waals surface area (Å²) in [6.45, 7) is 5.67. The molecule has 3 heterocycles. The van der Waals surface area contributed by atoms with Gasteiger partial charge in [-0.2, -0.15) is 0 Å². The predicted molar refractivity (Wildman–Crippen MR) is 88.0 cm³/mol. The van der Waals surface area contributed by atoms with Gasteiger partial charge in [0.05, 0.1) is 11.6 Å². The first kappa shape index (κ1) is 15.7. The molecule has 0 aromatic carbocycles. The van der Waals surface area contributed by atoms with Crippen molar-refractivity contribution in [2.45, 2.75) is 38.8 Å². The molecule has 2 aromatic rings. The van der Waals surface area contributed by atoms with E-state index in [1.807, 2.05) is 24.1 Å². The van der Waals surface area contributed by atoms with Gasteiger partial charge in [0, 0.05) is 43.4 Å². The zero-order valence-corrected chi connectivity index (χ0v) is 13.6. The van der Waals surface area contributed by atoms with Gasteiger partial charge in [-0.3, -0.25) is 9.78 Å². The third-order valence-electron chi connectivity index (χ3n) is 4.31. The largest absolute Gasteiger partial charge is 0.345 e. The molecule has 0 bridgehead atoms. The van der Waals surface area contributed by atoms with Crippen LogP contribution < -0.4 is 5.32 Å². The number of H-pyrrole nitrogens is 1. The second kappa shape index (κ2) is 6.91. The number of aryl methyl sites for hydroxylation is 1. The van der Waals surface area contributed by atoms with E-state index in [2.05, 4.69) is 27.2 Å². The first-order valence-corrected chi connectivity index (χ1v) is 8.10. The lowest BCUT2D eigenvalue weighted by Crippen LogP contribution is -2.45. The third kappa shape index (κ3) is 3.76. The normalized spacial score (nSPS) is 17.2. The summed E-state index contributed by atoms with van der Waals surface area (Å²) in [5.41, 5.74) is 1.74. The molecule has 0 aliphatic carbocycles. The van der Waals surface area contributed by atoms with E-state index in [4.69, 9.17) is 0 Å². The number of hydrogen-bond acceptors (Lipinski definition) is 4. The van der Waals surface area contributed by atoms with Gasteiger partial charge >= 0.3 is 0 Å². The lowest BCUT2D eigenvalue weighted by molar-refractivity contribution is 0.0701. The number of hydrogen-bond donors (Lipinski definition) is 2. The number of likely N-dealkylation sites (tertiary alicyclic amines) is 1. The Labute approximate surface area is 136 Å². The van der Waals surface area contributed by atoms with E-state index in [1.165, 1.54) is 0 Å². The predicted octanol–water partition coefficient (Wildman–Crippen LogP) is 2.07. The number of aromatic amines is 1. The molecule has 1 saturated heterocycles. The summed E-state index contributed by atoms with van der Waals surface area (Å²) in [6, 6.07) is 4.22. The minimum absolute atomic E-state index is 0.0752. The summed E-state index contributed by atoms with van der Waals surface area (Å²) in [5.74, 6) is 1.04. The topological polar surface area (TPSA) is 73.9 Å². The quantitative estimate of drug-likeness (QED) is 0.906. The standard InChI is InChI=1S/C17H23N5O/c1-12-10-19-16(20-12)13(2)21-15-5-8-22(9-6-15)17(23)14-4-3-7-18-11-14/h3-4,7,10-11,13,15,21H,5-6,8-9H2,1-2H3,(H,19,20). The molecule has 0 radical (unpaired) electrons. The van der Waals surface area contributed by atoms with Gasteiger partial charge in [0.2, 0.25) is 0 Å². The summed E-state index contributed by atoms with van der Waals surface area (Å²) in [7, 11) is 0. The highest BCUT2D eigenvalue weighted by Gasteiger charge is 2.25. The molecule has 0 spiro atoms. The molecule has 6 heteroatoms. The minimum Gasteiger partial charge on any atom is -0.345 e. The number of carbonyl (C=O) groups is 1. The van der Waals surface area contributed by atoms with E-state index >= 15 is 0 Å². The second-order valence-corrected chi connectivity index (χ2v) is 6.15. The van der Waals surface area contributed by atoms with Crippen LogP contribution in [0.5, 0.6) is 0 Å². The molecule has 0 saturated carbocycles. The zero-order valence-electron chi connectivity index (χ0n) is 13.6. The summed E-state index contributed by atoms with van der Waals surface area (Å²) in [4.78, 5) is 26.0. The molecule has 1 unspecified atom stereocenters. The van der Waals surface area contributed by atoms with Crippen LogP contribution in [0.15, 0.2) is 30.7 Å². The highest BCUT2D eigenvalue weighted by atomic mass is 16.2. The van der Waals surface area contributed by atoms with E-state index in [-0.39, 0.29) is 11.9 Å². The van der Waals surface area contributed by atoms with Gasteiger partial charge in [-0.05, 0) is 38.8 Å². The summed E-state index contributed by atoms with van der Waals surface area (Å²) < 4.78 is 0. The van der Waals surface area contributed by atoms with Crippen LogP contribution in [0.25, 0.3) is 0 Å². The Balaban J connectivity index is 1.51. The van der Waals surface area contributed by atoms with E-state index < -0.39 is 0 Å². The first-order valence-electron chi connectivity index (χ1n) is 8.10. The van der Waals surface area contributed by atoms with Crippen molar-refractivity contribution in [2.24, 2.45) is 0 Å². The van der Waals surface area contributed by atoms with Crippen LogP contribution in [0.1, 0.15) is 47.7 Å². The molecular formula is C17H23N5O. The number of pyridine rings is 1. The van der Waals surface area contributed by atoms with Crippen molar-refractivity contribution in [3.8, 4) is 0 Å². The molecule has 3 rings (SSSR count).